The second kappa shape index (κ2) is 7.43. The molecular formula is C19H14ClN5O2. The zero-order valence-electron chi connectivity index (χ0n) is 14.0. The van der Waals surface area contributed by atoms with E-state index in [9.17, 15) is 4.79 Å². The SMILES string of the molecule is O=C(Cc1coc(-c2ccccc2)n1)Nc1cc(Cl)ccc1-n1cncn1. The lowest BCUT2D eigenvalue weighted by Crippen LogP contribution is -2.16. The van der Waals surface area contributed by atoms with Crippen LogP contribution in [0.4, 0.5) is 5.69 Å². The Hall–Kier alpha value is -3.45. The molecule has 0 aliphatic rings. The van der Waals surface area contributed by atoms with Gasteiger partial charge in [0.1, 0.15) is 18.9 Å². The van der Waals surface area contributed by atoms with Crippen LogP contribution in [0.2, 0.25) is 5.02 Å². The highest BCUT2D eigenvalue weighted by molar-refractivity contribution is 6.31. The van der Waals surface area contributed by atoms with Crippen LogP contribution in [0.1, 0.15) is 5.69 Å². The molecule has 0 bridgehead atoms. The highest BCUT2D eigenvalue weighted by atomic mass is 35.5. The standard InChI is InChI=1S/C19H14ClN5O2/c20-14-6-7-17(25-12-21-11-22-25)16(8-14)24-18(26)9-15-10-27-19(23-15)13-4-2-1-3-5-13/h1-8,10-12H,9H2,(H,24,26). The minimum atomic E-state index is -0.244. The first-order valence-corrected chi connectivity index (χ1v) is 8.51. The number of anilines is 1. The van der Waals surface area contributed by atoms with Crippen LogP contribution in [0.5, 0.6) is 0 Å². The minimum Gasteiger partial charge on any atom is -0.444 e. The van der Waals surface area contributed by atoms with Crippen molar-refractivity contribution in [1.82, 2.24) is 19.7 Å². The molecule has 0 radical (unpaired) electrons. The van der Waals surface area contributed by atoms with Gasteiger partial charge in [-0.3, -0.25) is 4.79 Å². The van der Waals surface area contributed by atoms with E-state index < -0.39 is 0 Å². The van der Waals surface area contributed by atoms with E-state index in [4.69, 9.17) is 16.0 Å². The van der Waals surface area contributed by atoms with E-state index in [0.29, 0.717) is 28.0 Å². The second-order valence-corrected chi connectivity index (χ2v) is 6.17. The van der Waals surface area contributed by atoms with Crippen molar-refractivity contribution >= 4 is 23.2 Å². The molecule has 7 nitrogen and oxygen atoms in total. The summed E-state index contributed by atoms with van der Waals surface area (Å²) < 4.78 is 7.02. The summed E-state index contributed by atoms with van der Waals surface area (Å²) in [5.74, 6) is 0.232. The van der Waals surface area contributed by atoms with Gasteiger partial charge in [0.05, 0.1) is 23.5 Å². The van der Waals surface area contributed by atoms with Crippen molar-refractivity contribution in [2.75, 3.05) is 5.32 Å². The maximum absolute atomic E-state index is 12.5. The van der Waals surface area contributed by atoms with Crippen molar-refractivity contribution < 1.29 is 9.21 Å². The molecule has 0 fully saturated rings. The molecular weight excluding hydrogens is 366 g/mol. The van der Waals surface area contributed by atoms with Crippen LogP contribution in [0.15, 0.2) is 71.9 Å². The van der Waals surface area contributed by atoms with Crippen LogP contribution in [0.3, 0.4) is 0 Å². The van der Waals surface area contributed by atoms with E-state index in [1.807, 2.05) is 30.3 Å². The Morgan fingerprint density at radius 3 is 2.81 bits per heavy atom. The highest BCUT2D eigenvalue weighted by Gasteiger charge is 2.13. The van der Waals surface area contributed by atoms with Gasteiger partial charge in [-0.25, -0.2) is 14.6 Å². The molecule has 2 heterocycles. The van der Waals surface area contributed by atoms with E-state index in [-0.39, 0.29) is 12.3 Å². The highest BCUT2D eigenvalue weighted by Crippen LogP contribution is 2.24. The maximum Gasteiger partial charge on any atom is 0.230 e. The van der Waals surface area contributed by atoms with E-state index in [0.717, 1.165) is 5.56 Å². The van der Waals surface area contributed by atoms with Crippen molar-refractivity contribution in [3.8, 4) is 17.1 Å². The molecule has 0 spiro atoms. The average Bonchev–Trinajstić information content (AvgIpc) is 3.35. The molecule has 8 heteroatoms. The Labute approximate surface area is 159 Å². The summed E-state index contributed by atoms with van der Waals surface area (Å²) in [6, 6.07) is 14.6. The zero-order valence-corrected chi connectivity index (χ0v) is 14.8. The number of amides is 1. The van der Waals surface area contributed by atoms with Gasteiger partial charge in [-0.05, 0) is 30.3 Å². The van der Waals surface area contributed by atoms with Crippen molar-refractivity contribution in [1.29, 1.82) is 0 Å². The Bertz CT molecular complexity index is 1060. The fourth-order valence-electron chi connectivity index (χ4n) is 2.60. The van der Waals surface area contributed by atoms with Crippen LogP contribution in [0, 0.1) is 0 Å². The lowest BCUT2D eigenvalue weighted by Gasteiger charge is -2.10. The molecule has 1 amide bonds. The van der Waals surface area contributed by atoms with Crippen molar-refractivity contribution in [2.45, 2.75) is 6.42 Å². The first-order chi connectivity index (χ1) is 13.2. The summed E-state index contributed by atoms with van der Waals surface area (Å²) in [5, 5.41) is 7.43. The monoisotopic (exact) mass is 379 g/mol. The summed E-state index contributed by atoms with van der Waals surface area (Å²) in [7, 11) is 0. The van der Waals surface area contributed by atoms with Crippen LogP contribution in [0.25, 0.3) is 17.1 Å². The van der Waals surface area contributed by atoms with Gasteiger partial charge in [0.2, 0.25) is 11.8 Å². The first-order valence-electron chi connectivity index (χ1n) is 8.13. The molecule has 0 saturated heterocycles. The van der Waals surface area contributed by atoms with Crippen molar-refractivity contribution in [3.05, 3.63) is 78.2 Å². The number of rotatable bonds is 5. The van der Waals surface area contributed by atoms with Crippen LogP contribution in [-0.4, -0.2) is 25.7 Å². The van der Waals surface area contributed by atoms with Gasteiger partial charge in [-0.15, -0.1) is 0 Å². The molecule has 27 heavy (non-hydrogen) atoms. The number of nitrogens with one attached hydrogen (secondary N) is 1. The zero-order chi connectivity index (χ0) is 18.6. The molecule has 0 atom stereocenters. The van der Waals surface area contributed by atoms with Gasteiger partial charge in [-0.1, -0.05) is 29.8 Å². The molecule has 2 aromatic carbocycles. The number of halogens is 1. The van der Waals surface area contributed by atoms with Gasteiger partial charge in [0.25, 0.3) is 0 Å². The number of hydrogen-bond donors (Lipinski definition) is 1. The maximum atomic E-state index is 12.5. The normalized spacial score (nSPS) is 10.7. The van der Waals surface area contributed by atoms with Gasteiger partial charge in [-0.2, -0.15) is 5.10 Å². The first kappa shape index (κ1) is 17.0. The van der Waals surface area contributed by atoms with Gasteiger partial charge < -0.3 is 9.73 Å². The fraction of sp³-hybridized carbons (Fsp3) is 0.0526. The molecule has 134 valence electrons. The molecule has 1 N–H and O–H groups in total. The molecule has 0 aliphatic carbocycles. The molecule has 0 unspecified atom stereocenters. The second-order valence-electron chi connectivity index (χ2n) is 5.74. The fourth-order valence-corrected chi connectivity index (χ4v) is 2.77. The summed E-state index contributed by atoms with van der Waals surface area (Å²) in [6.07, 6.45) is 4.52. The van der Waals surface area contributed by atoms with Crippen LogP contribution < -0.4 is 5.32 Å². The van der Waals surface area contributed by atoms with Crippen molar-refractivity contribution in [3.63, 3.8) is 0 Å². The van der Waals surface area contributed by atoms with Gasteiger partial charge >= 0.3 is 0 Å². The van der Waals surface area contributed by atoms with Crippen LogP contribution in [-0.2, 0) is 11.2 Å². The number of oxazole rings is 1. The predicted octanol–water partition coefficient (Wildman–Crippen LogP) is 3.76. The Balaban J connectivity index is 1.51. The molecule has 0 saturated carbocycles. The molecule has 4 aromatic rings. The van der Waals surface area contributed by atoms with E-state index in [1.165, 1.54) is 12.6 Å². The molecule has 4 rings (SSSR count). The summed E-state index contributed by atoms with van der Waals surface area (Å²) in [6.45, 7) is 0. The van der Waals surface area contributed by atoms with E-state index >= 15 is 0 Å². The largest absolute Gasteiger partial charge is 0.444 e. The third kappa shape index (κ3) is 3.88. The van der Waals surface area contributed by atoms with Gasteiger partial charge in [0.15, 0.2) is 0 Å². The Morgan fingerprint density at radius 1 is 1.19 bits per heavy atom. The van der Waals surface area contributed by atoms with Gasteiger partial charge in [0, 0.05) is 10.6 Å². The third-order valence-electron chi connectivity index (χ3n) is 3.81. The third-order valence-corrected chi connectivity index (χ3v) is 4.05. The Kier molecular flexibility index (Phi) is 4.67. The lowest BCUT2D eigenvalue weighted by molar-refractivity contribution is -0.115. The van der Waals surface area contributed by atoms with E-state index in [2.05, 4.69) is 20.4 Å². The van der Waals surface area contributed by atoms with E-state index in [1.54, 1.807) is 29.2 Å². The average molecular weight is 380 g/mol. The topological polar surface area (TPSA) is 85.8 Å². The van der Waals surface area contributed by atoms with Crippen molar-refractivity contribution in [2.24, 2.45) is 0 Å². The minimum absolute atomic E-state index is 0.0691. The number of carbonyl (C=O) groups excluding carboxylic acids is 1. The quantitative estimate of drug-likeness (QED) is 0.570. The smallest absolute Gasteiger partial charge is 0.230 e. The summed E-state index contributed by atoms with van der Waals surface area (Å²) >= 11 is 6.07. The number of hydrogen-bond acceptors (Lipinski definition) is 5. The number of aromatic nitrogens is 4. The molecule has 0 aliphatic heterocycles. The number of benzene rings is 2. The predicted molar refractivity (Wildman–Crippen MR) is 101 cm³/mol. The molecule has 2 aromatic heterocycles. The lowest BCUT2D eigenvalue weighted by atomic mass is 10.2. The Morgan fingerprint density at radius 2 is 2.04 bits per heavy atom. The summed E-state index contributed by atoms with van der Waals surface area (Å²) in [4.78, 5) is 20.8. The van der Waals surface area contributed by atoms with Crippen LogP contribution >= 0.6 is 11.6 Å². The number of nitrogens with zero attached hydrogens (tertiary/aromatic N) is 4. The summed E-state index contributed by atoms with van der Waals surface area (Å²) in [5.41, 5.74) is 2.59. The number of carbonyl (C=O) groups is 1.